The molecule has 1 aromatic heterocycles. The predicted molar refractivity (Wildman–Crippen MR) is 75.8 cm³/mol. The highest BCUT2D eigenvalue weighted by molar-refractivity contribution is 7.90. The molecule has 0 aromatic carbocycles. The van der Waals surface area contributed by atoms with Gasteiger partial charge in [-0.2, -0.15) is 0 Å². The number of aryl methyl sites for hydroxylation is 2. The molecule has 0 atom stereocenters. The van der Waals surface area contributed by atoms with E-state index in [1.807, 2.05) is 0 Å². The van der Waals surface area contributed by atoms with E-state index in [-0.39, 0.29) is 28.6 Å². The lowest BCUT2D eigenvalue weighted by atomic mass is 10.4. The van der Waals surface area contributed by atoms with Gasteiger partial charge in [0.1, 0.15) is 10.6 Å². The van der Waals surface area contributed by atoms with Crippen LogP contribution < -0.4 is 4.72 Å². The van der Waals surface area contributed by atoms with E-state index in [0.29, 0.717) is 13.1 Å². The zero-order valence-electron chi connectivity index (χ0n) is 12.0. The average Bonchev–Trinajstić information content (AvgIpc) is 2.99. The van der Waals surface area contributed by atoms with E-state index in [4.69, 9.17) is 4.52 Å². The number of aromatic nitrogens is 1. The molecule has 0 bridgehead atoms. The molecule has 8 nitrogen and oxygen atoms in total. The molecule has 1 aliphatic heterocycles. The van der Waals surface area contributed by atoms with Crippen molar-refractivity contribution in [2.75, 3.05) is 25.4 Å². The summed E-state index contributed by atoms with van der Waals surface area (Å²) in [5.74, 6) is -0.0716. The Kier molecular flexibility index (Phi) is 4.71. The number of nitrogens with one attached hydrogen (secondary N) is 1. The van der Waals surface area contributed by atoms with Gasteiger partial charge in [0.15, 0.2) is 5.76 Å². The van der Waals surface area contributed by atoms with Crippen molar-refractivity contribution in [2.24, 2.45) is 0 Å². The molecule has 0 amide bonds. The maximum atomic E-state index is 12.1. The van der Waals surface area contributed by atoms with Crippen LogP contribution in [0.15, 0.2) is 9.42 Å². The van der Waals surface area contributed by atoms with Crippen molar-refractivity contribution >= 4 is 20.0 Å². The molecule has 2 heterocycles. The minimum Gasteiger partial charge on any atom is -0.360 e. The summed E-state index contributed by atoms with van der Waals surface area (Å²) >= 11 is 0. The fraction of sp³-hybridized carbons (Fsp3) is 0.727. The van der Waals surface area contributed by atoms with E-state index >= 15 is 0 Å². The Hall–Kier alpha value is -0.970. The van der Waals surface area contributed by atoms with E-state index in [9.17, 15) is 16.8 Å². The van der Waals surface area contributed by atoms with Crippen LogP contribution in [0.25, 0.3) is 0 Å². The van der Waals surface area contributed by atoms with E-state index in [1.165, 1.54) is 18.2 Å². The highest BCUT2D eigenvalue weighted by atomic mass is 32.2. The molecule has 0 unspecified atom stereocenters. The molecule has 0 aliphatic carbocycles. The topological polar surface area (TPSA) is 110 Å². The van der Waals surface area contributed by atoms with Gasteiger partial charge in [-0.05, 0) is 26.7 Å². The first-order chi connectivity index (χ1) is 9.74. The smallest absolute Gasteiger partial charge is 0.245 e. The summed E-state index contributed by atoms with van der Waals surface area (Å²) in [5, 5.41) is 3.58. The zero-order valence-corrected chi connectivity index (χ0v) is 13.6. The summed E-state index contributed by atoms with van der Waals surface area (Å²) in [6.07, 6.45) is 1.70. The van der Waals surface area contributed by atoms with Crippen LogP contribution in [0.3, 0.4) is 0 Å². The normalized spacial score (nSPS) is 17.4. The van der Waals surface area contributed by atoms with E-state index in [0.717, 1.165) is 12.8 Å². The standard InChI is InChI=1S/C11H19N3O5S2/c1-9-11(10(2)19-13-9)21(17,18)12-5-8-20(15,16)14-6-3-4-7-14/h12H,3-8H2,1-2H3. The maximum Gasteiger partial charge on any atom is 0.245 e. The first-order valence-corrected chi connectivity index (χ1v) is 9.73. The summed E-state index contributed by atoms with van der Waals surface area (Å²) in [6, 6.07) is 0. The molecule has 0 radical (unpaired) electrons. The monoisotopic (exact) mass is 337 g/mol. The zero-order chi connectivity index (χ0) is 15.7. The fourth-order valence-corrected chi connectivity index (χ4v) is 5.25. The summed E-state index contributed by atoms with van der Waals surface area (Å²) in [5.41, 5.74) is 0.252. The summed E-state index contributed by atoms with van der Waals surface area (Å²) in [6.45, 7) is 3.87. The Bertz CT molecular complexity index is 683. The second-order valence-corrected chi connectivity index (χ2v) is 8.77. The van der Waals surface area contributed by atoms with Gasteiger partial charge in [0.05, 0.1) is 5.75 Å². The molecule has 0 saturated carbocycles. The van der Waals surface area contributed by atoms with Crippen LogP contribution in [0.2, 0.25) is 0 Å². The molecule has 1 N–H and O–H groups in total. The molecule has 21 heavy (non-hydrogen) atoms. The minimum atomic E-state index is -3.81. The highest BCUT2D eigenvalue weighted by Crippen LogP contribution is 2.18. The molecule has 10 heteroatoms. The highest BCUT2D eigenvalue weighted by Gasteiger charge is 2.27. The number of hydrogen-bond acceptors (Lipinski definition) is 6. The van der Waals surface area contributed by atoms with Crippen LogP contribution in [0.4, 0.5) is 0 Å². The van der Waals surface area contributed by atoms with Crippen molar-refractivity contribution in [3.63, 3.8) is 0 Å². The second kappa shape index (κ2) is 6.03. The van der Waals surface area contributed by atoms with Gasteiger partial charge in [-0.15, -0.1) is 0 Å². The van der Waals surface area contributed by atoms with Gasteiger partial charge < -0.3 is 4.52 Å². The summed E-state index contributed by atoms with van der Waals surface area (Å²) < 4.78 is 56.7. The van der Waals surface area contributed by atoms with Gasteiger partial charge >= 0.3 is 0 Å². The van der Waals surface area contributed by atoms with Crippen LogP contribution in [0, 0.1) is 13.8 Å². The lowest BCUT2D eigenvalue weighted by molar-refractivity contribution is 0.390. The molecule has 1 aliphatic rings. The van der Waals surface area contributed by atoms with Crippen molar-refractivity contribution < 1.29 is 21.4 Å². The Morgan fingerprint density at radius 2 is 1.81 bits per heavy atom. The fourth-order valence-electron chi connectivity index (χ4n) is 2.33. The van der Waals surface area contributed by atoms with E-state index in [2.05, 4.69) is 9.88 Å². The van der Waals surface area contributed by atoms with Gasteiger partial charge in [-0.25, -0.2) is 25.9 Å². The SMILES string of the molecule is Cc1noc(C)c1S(=O)(=O)NCCS(=O)(=O)N1CCCC1. The number of rotatable bonds is 6. The third-order valence-electron chi connectivity index (χ3n) is 3.35. The van der Waals surface area contributed by atoms with Crippen molar-refractivity contribution in [1.29, 1.82) is 0 Å². The largest absolute Gasteiger partial charge is 0.360 e. The van der Waals surface area contributed by atoms with Crippen LogP contribution in [0.5, 0.6) is 0 Å². The molecule has 1 fully saturated rings. The Labute approximate surface area is 124 Å². The number of nitrogens with zero attached hydrogens (tertiary/aromatic N) is 2. The lowest BCUT2D eigenvalue weighted by Gasteiger charge is -2.15. The second-order valence-electron chi connectivity index (χ2n) is 4.97. The third-order valence-corrected chi connectivity index (χ3v) is 6.92. The molecule has 0 spiro atoms. The van der Waals surface area contributed by atoms with Crippen LogP contribution >= 0.6 is 0 Å². The van der Waals surface area contributed by atoms with Crippen LogP contribution in [-0.4, -0.2) is 51.7 Å². The average molecular weight is 337 g/mol. The Morgan fingerprint density at radius 3 is 2.33 bits per heavy atom. The van der Waals surface area contributed by atoms with Crippen molar-refractivity contribution in [2.45, 2.75) is 31.6 Å². The third kappa shape index (κ3) is 3.62. The van der Waals surface area contributed by atoms with Crippen molar-refractivity contribution in [3.05, 3.63) is 11.5 Å². The van der Waals surface area contributed by atoms with Crippen molar-refractivity contribution in [1.82, 2.24) is 14.2 Å². The predicted octanol–water partition coefficient (Wildman–Crippen LogP) is -0.00466. The molecule has 1 aromatic rings. The number of hydrogen-bond donors (Lipinski definition) is 1. The van der Waals surface area contributed by atoms with Crippen LogP contribution in [0.1, 0.15) is 24.3 Å². The summed E-state index contributed by atoms with van der Waals surface area (Å²) in [4.78, 5) is -0.0268. The van der Waals surface area contributed by atoms with Gasteiger partial charge in [0, 0.05) is 19.6 Å². The van der Waals surface area contributed by atoms with Crippen molar-refractivity contribution in [3.8, 4) is 0 Å². The molecule has 2 rings (SSSR count). The molecule has 1 saturated heterocycles. The van der Waals surface area contributed by atoms with E-state index < -0.39 is 20.0 Å². The van der Waals surface area contributed by atoms with E-state index in [1.54, 1.807) is 0 Å². The molecule has 120 valence electrons. The van der Waals surface area contributed by atoms with Crippen LogP contribution in [-0.2, 0) is 20.0 Å². The maximum absolute atomic E-state index is 12.1. The first-order valence-electron chi connectivity index (χ1n) is 6.64. The quantitative estimate of drug-likeness (QED) is 0.782. The molecular formula is C11H19N3O5S2. The van der Waals surface area contributed by atoms with Gasteiger partial charge in [-0.3, -0.25) is 0 Å². The summed E-state index contributed by atoms with van der Waals surface area (Å²) in [7, 11) is -7.22. The Morgan fingerprint density at radius 1 is 1.19 bits per heavy atom. The first kappa shape index (κ1) is 16.4. The minimum absolute atomic E-state index is 0.0268. The Balaban J connectivity index is 2.00. The number of sulfonamides is 2. The van der Waals surface area contributed by atoms with Gasteiger partial charge in [0.25, 0.3) is 0 Å². The lowest BCUT2D eigenvalue weighted by Crippen LogP contribution is -2.36. The van der Waals surface area contributed by atoms with Gasteiger partial charge in [0.2, 0.25) is 20.0 Å². The van der Waals surface area contributed by atoms with Gasteiger partial charge in [-0.1, -0.05) is 5.16 Å². The molecular weight excluding hydrogens is 318 g/mol.